The Morgan fingerprint density at radius 2 is 2.00 bits per heavy atom. The zero-order chi connectivity index (χ0) is 15.5. The SMILES string of the molecule is CCCN(C(=O)c1cc(S(N)(=O)=O)ccc1Cl)C(C)C. The van der Waals surface area contributed by atoms with Crippen LogP contribution in [0.4, 0.5) is 0 Å². The van der Waals surface area contributed by atoms with E-state index < -0.39 is 10.0 Å². The van der Waals surface area contributed by atoms with Crippen LogP contribution in [0.5, 0.6) is 0 Å². The molecule has 20 heavy (non-hydrogen) atoms. The fraction of sp³-hybridized carbons (Fsp3) is 0.462. The van der Waals surface area contributed by atoms with Gasteiger partial charge in [0.05, 0.1) is 15.5 Å². The Kier molecular flexibility index (Phi) is 5.56. The van der Waals surface area contributed by atoms with E-state index in [1.165, 1.54) is 18.2 Å². The minimum absolute atomic E-state index is 0.00310. The molecule has 1 rings (SSSR count). The standard InChI is InChI=1S/C13H19ClN2O3S/c1-4-7-16(9(2)3)13(17)11-8-10(20(15,18)19)5-6-12(11)14/h5-6,8-9H,4,7H2,1-3H3,(H2,15,18,19). The Morgan fingerprint density at radius 1 is 1.40 bits per heavy atom. The van der Waals surface area contributed by atoms with E-state index >= 15 is 0 Å². The van der Waals surface area contributed by atoms with Gasteiger partial charge in [-0.3, -0.25) is 4.79 Å². The molecule has 112 valence electrons. The van der Waals surface area contributed by atoms with Crippen LogP contribution in [-0.2, 0) is 10.0 Å². The van der Waals surface area contributed by atoms with Crippen LogP contribution >= 0.6 is 11.6 Å². The maximum atomic E-state index is 12.5. The molecule has 0 fully saturated rings. The van der Waals surface area contributed by atoms with E-state index in [9.17, 15) is 13.2 Å². The fourth-order valence-electron chi connectivity index (χ4n) is 1.84. The van der Waals surface area contributed by atoms with Crippen LogP contribution in [0.3, 0.4) is 0 Å². The smallest absolute Gasteiger partial charge is 0.255 e. The van der Waals surface area contributed by atoms with Gasteiger partial charge in [-0.25, -0.2) is 13.6 Å². The summed E-state index contributed by atoms with van der Waals surface area (Å²) in [4.78, 5) is 14.0. The lowest BCUT2D eigenvalue weighted by atomic mass is 10.1. The van der Waals surface area contributed by atoms with Gasteiger partial charge in [0.2, 0.25) is 10.0 Å². The molecule has 2 N–H and O–H groups in total. The average molecular weight is 319 g/mol. The fourth-order valence-corrected chi connectivity index (χ4v) is 2.57. The summed E-state index contributed by atoms with van der Waals surface area (Å²) in [6.07, 6.45) is 0.802. The lowest BCUT2D eigenvalue weighted by molar-refractivity contribution is 0.0706. The van der Waals surface area contributed by atoms with Crippen LogP contribution in [-0.4, -0.2) is 31.8 Å². The number of carbonyl (C=O) groups excluding carboxylic acids is 1. The Morgan fingerprint density at radius 3 is 2.45 bits per heavy atom. The quantitative estimate of drug-likeness (QED) is 0.904. The van der Waals surface area contributed by atoms with Crippen LogP contribution < -0.4 is 5.14 Å². The Bertz CT molecular complexity index is 600. The highest BCUT2D eigenvalue weighted by molar-refractivity contribution is 7.89. The van der Waals surface area contributed by atoms with Gasteiger partial charge in [-0.1, -0.05) is 18.5 Å². The lowest BCUT2D eigenvalue weighted by Gasteiger charge is -2.26. The summed E-state index contributed by atoms with van der Waals surface area (Å²) in [7, 11) is -3.86. The summed E-state index contributed by atoms with van der Waals surface area (Å²) >= 11 is 6.01. The van der Waals surface area contributed by atoms with Crippen molar-refractivity contribution < 1.29 is 13.2 Å². The summed E-state index contributed by atoms with van der Waals surface area (Å²) < 4.78 is 22.7. The van der Waals surface area contributed by atoms with Gasteiger partial charge in [0.1, 0.15) is 0 Å². The Balaban J connectivity index is 3.27. The van der Waals surface area contributed by atoms with E-state index in [4.69, 9.17) is 16.7 Å². The summed E-state index contributed by atoms with van der Waals surface area (Å²) in [5.41, 5.74) is 0.153. The molecular weight excluding hydrogens is 300 g/mol. The van der Waals surface area contributed by atoms with E-state index in [2.05, 4.69) is 0 Å². The van der Waals surface area contributed by atoms with E-state index in [1.54, 1.807) is 4.90 Å². The average Bonchev–Trinajstić information content (AvgIpc) is 2.34. The number of sulfonamides is 1. The molecule has 5 nitrogen and oxygen atoms in total. The van der Waals surface area contributed by atoms with Crippen molar-refractivity contribution in [2.75, 3.05) is 6.54 Å². The Labute approximate surface area is 124 Å². The van der Waals surface area contributed by atoms with Crippen LogP contribution in [0.25, 0.3) is 0 Å². The molecule has 1 aromatic carbocycles. The molecule has 1 aromatic rings. The summed E-state index contributed by atoms with van der Waals surface area (Å²) in [5, 5.41) is 5.29. The minimum atomic E-state index is -3.86. The number of rotatable bonds is 5. The molecule has 0 atom stereocenters. The third-order valence-corrected chi connectivity index (χ3v) is 4.09. The van der Waals surface area contributed by atoms with Crippen molar-refractivity contribution in [2.24, 2.45) is 5.14 Å². The Hall–Kier alpha value is -1.11. The molecule has 0 aliphatic carbocycles. The predicted molar refractivity (Wildman–Crippen MR) is 79.3 cm³/mol. The molecule has 0 aliphatic rings. The first-order valence-electron chi connectivity index (χ1n) is 6.31. The molecule has 0 radical (unpaired) electrons. The second-order valence-corrected chi connectivity index (χ2v) is 6.75. The molecule has 0 bridgehead atoms. The minimum Gasteiger partial charge on any atom is -0.336 e. The topological polar surface area (TPSA) is 80.5 Å². The van der Waals surface area contributed by atoms with Crippen LogP contribution in [0.1, 0.15) is 37.6 Å². The highest BCUT2D eigenvalue weighted by Gasteiger charge is 2.22. The van der Waals surface area contributed by atoms with Crippen molar-refractivity contribution in [1.82, 2.24) is 4.90 Å². The number of nitrogens with two attached hydrogens (primary N) is 1. The third-order valence-electron chi connectivity index (χ3n) is 2.85. The second-order valence-electron chi connectivity index (χ2n) is 4.78. The highest BCUT2D eigenvalue weighted by atomic mass is 35.5. The molecule has 0 aromatic heterocycles. The molecule has 7 heteroatoms. The molecule has 0 aliphatic heterocycles. The van der Waals surface area contributed by atoms with Gasteiger partial charge in [-0.05, 0) is 38.5 Å². The number of amides is 1. The third kappa shape index (κ3) is 3.94. The zero-order valence-electron chi connectivity index (χ0n) is 11.8. The predicted octanol–water partition coefficient (Wildman–Crippen LogP) is 2.25. The number of hydrogen-bond acceptors (Lipinski definition) is 3. The summed E-state index contributed by atoms with van der Waals surface area (Å²) in [5.74, 6) is -0.294. The van der Waals surface area contributed by atoms with Crippen LogP contribution in [0.2, 0.25) is 5.02 Å². The first-order valence-corrected chi connectivity index (χ1v) is 8.24. The maximum Gasteiger partial charge on any atom is 0.255 e. The van der Waals surface area contributed by atoms with Gasteiger partial charge in [-0.2, -0.15) is 0 Å². The van der Waals surface area contributed by atoms with Crippen LogP contribution in [0, 0.1) is 0 Å². The van der Waals surface area contributed by atoms with Crippen molar-refractivity contribution in [3.8, 4) is 0 Å². The zero-order valence-corrected chi connectivity index (χ0v) is 13.3. The van der Waals surface area contributed by atoms with E-state index in [0.29, 0.717) is 6.54 Å². The normalized spacial score (nSPS) is 11.7. The largest absolute Gasteiger partial charge is 0.336 e. The monoisotopic (exact) mass is 318 g/mol. The van der Waals surface area contributed by atoms with E-state index in [1.807, 2.05) is 20.8 Å². The van der Waals surface area contributed by atoms with Gasteiger partial charge < -0.3 is 4.90 Å². The van der Waals surface area contributed by atoms with Crippen molar-refractivity contribution >= 4 is 27.5 Å². The lowest BCUT2D eigenvalue weighted by Crippen LogP contribution is -2.37. The first-order chi connectivity index (χ1) is 9.18. The van der Waals surface area contributed by atoms with Gasteiger partial charge in [0.25, 0.3) is 5.91 Å². The number of primary sulfonamides is 1. The second kappa shape index (κ2) is 6.56. The number of halogens is 1. The molecule has 1 amide bonds. The first kappa shape index (κ1) is 16.9. The molecule has 0 heterocycles. The number of nitrogens with zero attached hydrogens (tertiary/aromatic N) is 1. The number of benzene rings is 1. The molecule has 0 saturated heterocycles. The number of carbonyl (C=O) groups is 1. The van der Waals surface area contributed by atoms with Crippen molar-refractivity contribution in [3.05, 3.63) is 28.8 Å². The van der Waals surface area contributed by atoms with Crippen molar-refractivity contribution in [3.63, 3.8) is 0 Å². The van der Waals surface area contributed by atoms with E-state index in [-0.39, 0.29) is 27.4 Å². The number of hydrogen-bond donors (Lipinski definition) is 1. The molecule has 0 unspecified atom stereocenters. The van der Waals surface area contributed by atoms with Crippen molar-refractivity contribution in [1.29, 1.82) is 0 Å². The van der Waals surface area contributed by atoms with Gasteiger partial charge >= 0.3 is 0 Å². The van der Waals surface area contributed by atoms with Gasteiger partial charge in [-0.15, -0.1) is 0 Å². The van der Waals surface area contributed by atoms with Gasteiger partial charge in [0, 0.05) is 12.6 Å². The summed E-state index contributed by atoms with van der Waals surface area (Å²) in [6.45, 7) is 6.33. The molecule has 0 spiro atoms. The molecular formula is C13H19ClN2O3S. The van der Waals surface area contributed by atoms with E-state index in [0.717, 1.165) is 6.42 Å². The molecule has 0 saturated carbocycles. The van der Waals surface area contributed by atoms with Crippen LogP contribution in [0.15, 0.2) is 23.1 Å². The maximum absolute atomic E-state index is 12.5. The highest BCUT2D eigenvalue weighted by Crippen LogP contribution is 2.22. The van der Waals surface area contributed by atoms with Crippen molar-refractivity contribution in [2.45, 2.75) is 38.1 Å². The van der Waals surface area contributed by atoms with Gasteiger partial charge in [0.15, 0.2) is 0 Å². The summed E-state index contributed by atoms with van der Waals surface area (Å²) in [6, 6.07) is 3.88.